The molecule has 3 N–H and O–H groups in total. The van der Waals surface area contributed by atoms with Gasteiger partial charge in [-0.2, -0.15) is 13.2 Å². The number of nitrogens with zero attached hydrogens (tertiary/aromatic N) is 1. The van der Waals surface area contributed by atoms with Gasteiger partial charge < -0.3 is 11.1 Å². The number of nitrogens with two attached hydrogens (primary N) is 1. The fourth-order valence-electron chi connectivity index (χ4n) is 3.42. The van der Waals surface area contributed by atoms with Crippen LogP contribution < -0.4 is 11.1 Å². The van der Waals surface area contributed by atoms with Crippen LogP contribution >= 0.6 is 0 Å². The van der Waals surface area contributed by atoms with Crippen molar-refractivity contribution in [2.75, 3.05) is 18.4 Å². The number of halogens is 3. The van der Waals surface area contributed by atoms with Gasteiger partial charge in [0.25, 0.3) is 0 Å². The van der Waals surface area contributed by atoms with Gasteiger partial charge in [-0.1, -0.05) is 36.4 Å². The third-order valence-electron chi connectivity index (χ3n) is 5.00. The molecule has 1 heterocycles. The molecule has 0 aliphatic carbocycles. The maximum atomic E-state index is 12.9. The van der Waals surface area contributed by atoms with E-state index in [2.05, 4.69) is 10.2 Å². The number of benzene rings is 2. The number of primary amides is 1. The van der Waals surface area contributed by atoms with Crippen molar-refractivity contribution in [3.05, 3.63) is 65.7 Å². The molecule has 4 nitrogen and oxygen atoms in total. The molecule has 1 aliphatic rings. The summed E-state index contributed by atoms with van der Waals surface area (Å²) < 4.78 is 38.8. The molecule has 1 saturated heterocycles. The van der Waals surface area contributed by atoms with Gasteiger partial charge in [-0.25, -0.2) is 0 Å². The monoisotopic (exact) mass is 377 g/mol. The maximum absolute atomic E-state index is 12.9. The summed E-state index contributed by atoms with van der Waals surface area (Å²) in [4.78, 5) is 14.4. The summed E-state index contributed by atoms with van der Waals surface area (Å²) in [6.07, 6.45) is -3.56. The van der Waals surface area contributed by atoms with Gasteiger partial charge in [0.1, 0.15) is 5.54 Å². The van der Waals surface area contributed by atoms with Crippen molar-refractivity contribution in [3.8, 4) is 0 Å². The van der Waals surface area contributed by atoms with Crippen molar-refractivity contribution in [2.45, 2.75) is 31.1 Å². The largest absolute Gasteiger partial charge is 0.416 e. The highest BCUT2D eigenvalue weighted by Crippen LogP contribution is 2.33. The number of anilines is 1. The zero-order valence-electron chi connectivity index (χ0n) is 14.8. The molecule has 3 rings (SSSR count). The average Bonchev–Trinajstić information content (AvgIpc) is 2.64. The normalized spacial score (nSPS) is 17.4. The summed E-state index contributed by atoms with van der Waals surface area (Å²) in [6, 6.07) is 14.8. The predicted octanol–water partition coefficient (Wildman–Crippen LogP) is 3.64. The van der Waals surface area contributed by atoms with E-state index in [4.69, 9.17) is 5.73 Å². The van der Waals surface area contributed by atoms with Crippen LogP contribution in [-0.4, -0.2) is 29.4 Å². The Morgan fingerprint density at radius 3 is 2.33 bits per heavy atom. The van der Waals surface area contributed by atoms with E-state index in [0.717, 1.165) is 18.7 Å². The molecule has 0 atom stereocenters. The lowest BCUT2D eigenvalue weighted by atomic mass is 9.86. The fraction of sp³-hybridized carbons (Fsp3) is 0.350. The van der Waals surface area contributed by atoms with E-state index in [1.807, 2.05) is 30.3 Å². The molecule has 1 amide bonds. The van der Waals surface area contributed by atoms with Crippen molar-refractivity contribution in [1.82, 2.24) is 4.90 Å². The molecule has 0 saturated carbocycles. The summed E-state index contributed by atoms with van der Waals surface area (Å²) >= 11 is 0. The summed E-state index contributed by atoms with van der Waals surface area (Å²) in [5, 5.41) is 2.99. The number of carbonyl (C=O) groups is 1. The predicted molar refractivity (Wildman–Crippen MR) is 97.9 cm³/mol. The molecule has 144 valence electrons. The number of hydrogen-bond donors (Lipinski definition) is 2. The quantitative estimate of drug-likeness (QED) is 0.837. The maximum Gasteiger partial charge on any atom is 0.416 e. The first kappa shape index (κ1) is 19.2. The first-order chi connectivity index (χ1) is 12.8. The van der Waals surface area contributed by atoms with Crippen LogP contribution in [0.3, 0.4) is 0 Å². The third kappa shape index (κ3) is 4.60. The smallest absolute Gasteiger partial charge is 0.371 e. The van der Waals surface area contributed by atoms with Crippen molar-refractivity contribution in [1.29, 1.82) is 0 Å². The van der Waals surface area contributed by atoms with Crippen LogP contribution in [0, 0.1) is 0 Å². The van der Waals surface area contributed by atoms with Crippen LogP contribution in [0.1, 0.15) is 24.0 Å². The zero-order valence-corrected chi connectivity index (χ0v) is 14.8. The van der Waals surface area contributed by atoms with Crippen LogP contribution in [0.15, 0.2) is 54.6 Å². The van der Waals surface area contributed by atoms with Crippen molar-refractivity contribution in [3.63, 3.8) is 0 Å². The summed E-state index contributed by atoms with van der Waals surface area (Å²) in [6.45, 7) is 2.02. The molecular formula is C20H22F3N3O. The van der Waals surface area contributed by atoms with E-state index in [1.54, 1.807) is 0 Å². The minimum Gasteiger partial charge on any atom is -0.371 e. The molecule has 0 aromatic heterocycles. The van der Waals surface area contributed by atoms with Crippen LogP contribution in [-0.2, 0) is 17.5 Å². The van der Waals surface area contributed by atoms with E-state index in [0.29, 0.717) is 25.9 Å². The van der Waals surface area contributed by atoms with Gasteiger partial charge in [0, 0.05) is 25.3 Å². The highest BCUT2D eigenvalue weighted by Gasteiger charge is 2.40. The Bertz CT molecular complexity index is 785. The number of amides is 1. The van der Waals surface area contributed by atoms with E-state index in [9.17, 15) is 18.0 Å². The number of rotatable bonds is 5. The summed E-state index contributed by atoms with van der Waals surface area (Å²) in [5.41, 5.74) is 5.26. The van der Waals surface area contributed by atoms with Gasteiger partial charge in [0.15, 0.2) is 0 Å². The van der Waals surface area contributed by atoms with E-state index in [1.165, 1.54) is 17.7 Å². The van der Waals surface area contributed by atoms with Gasteiger partial charge in [-0.3, -0.25) is 9.69 Å². The van der Waals surface area contributed by atoms with Crippen molar-refractivity contribution in [2.24, 2.45) is 5.73 Å². The Morgan fingerprint density at radius 2 is 1.74 bits per heavy atom. The highest BCUT2D eigenvalue weighted by molar-refractivity contribution is 5.88. The van der Waals surface area contributed by atoms with E-state index >= 15 is 0 Å². The van der Waals surface area contributed by atoms with Crippen molar-refractivity contribution >= 4 is 11.6 Å². The number of nitrogens with one attached hydrogen (secondary N) is 1. The minimum absolute atomic E-state index is 0.250. The Balaban J connectivity index is 1.70. The lowest BCUT2D eigenvalue weighted by Gasteiger charge is -2.41. The Morgan fingerprint density at radius 1 is 1.07 bits per heavy atom. The topological polar surface area (TPSA) is 58.4 Å². The van der Waals surface area contributed by atoms with Crippen LogP contribution in [0.5, 0.6) is 0 Å². The molecule has 1 aliphatic heterocycles. The zero-order chi connectivity index (χ0) is 19.5. The lowest BCUT2D eigenvalue weighted by Crippen LogP contribution is -2.57. The molecule has 7 heteroatoms. The number of hydrogen-bond acceptors (Lipinski definition) is 3. The lowest BCUT2D eigenvalue weighted by molar-refractivity contribution is -0.137. The molecule has 2 aromatic rings. The van der Waals surface area contributed by atoms with Crippen molar-refractivity contribution < 1.29 is 18.0 Å². The van der Waals surface area contributed by atoms with Crippen LogP contribution in [0.25, 0.3) is 0 Å². The van der Waals surface area contributed by atoms with Gasteiger partial charge in [0.05, 0.1) is 5.56 Å². The number of likely N-dealkylation sites (tertiary alicyclic amines) is 1. The standard InChI is InChI=1S/C20H22F3N3O/c21-20(22,23)16-7-4-8-17(13-16)25-19(18(24)27)9-11-26(12-10-19)14-15-5-2-1-3-6-15/h1-8,13,25H,9-12,14H2,(H2,24,27). The van der Waals surface area contributed by atoms with Gasteiger partial charge in [-0.15, -0.1) is 0 Å². The first-order valence-electron chi connectivity index (χ1n) is 8.80. The molecule has 0 unspecified atom stereocenters. The SMILES string of the molecule is NC(=O)C1(Nc2cccc(C(F)(F)F)c2)CCN(Cc2ccccc2)CC1. The third-order valence-corrected chi connectivity index (χ3v) is 5.00. The second-order valence-electron chi connectivity index (χ2n) is 6.91. The molecular weight excluding hydrogens is 355 g/mol. The number of piperidine rings is 1. The van der Waals surface area contributed by atoms with Gasteiger partial charge in [0.2, 0.25) is 5.91 Å². The fourth-order valence-corrected chi connectivity index (χ4v) is 3.42. The van der Waals surface area contributed by atoms with E-state index in [-0.39, 0.29) is 5.69 Å². The molecule has 0 radical (unpaired) electrons. The Hall–Kier alpha value is -2.54. The minimum atomic E-state index is -4.43. The molecule has 27 heavy (non-hydrogen) atoms. The highest BCUT2D eigenvalue weighted by atomic mass is 19.4. The number of alkyl halides is 3. The Kier molecular flexibility index (Phi) is 5.41. The molecule has 1 fully saturated rings. The Labute approximate surface area is 156 Å². The van der Waals surface area contributed by atoms with Crippen LogP contribution in [0.2, 0.25) is 0 Å². The van der Waals surface area contributed by atoms with Gasteiger partial charge >= 0.3 is 6.18 Å². The van der Waals surface area contributed by atoms with Crippen LogP contribution in [0.4, 0.5) is 18.9 Å². The summed E-state index contributed by atoms with van der Waals surface area (Å²) in [7, 11) is 0. The van der Waals surface area contributed by atoms with E-state index < -0.39 is 23.2 Å². The first-order valence-corrected chi connectivity index (χ1v) is 8.80. The molecule has 0 spiro atoms. The second-order valence-corrected chi connectivity index (χ2v) is 6.91. The number of carbonyl (C=O) groups excluding carboxylic acids is 1. The molecule has 0 bridgehead atoms. The second kappa shape index (κ2) is 7.60. The van der Waals surface area contributed by atoms with Gasteiger partial charge in [-0.05, 0) is 36.6 Å². The molecule has 2 aromatic carbocycles. The average molecular weight is 377 g/mol. The summed E-state index contributed by atoms with van der Waals surface area (Å²) in [5.74, 6) is -0.542.